The molecule has 3 aromatic rings. The van der Waals surface area contributed by atoms with Crippen molar-refractivity contribution >= 4 is 21.1 Å². The maximum atomic E-state index is 12.6. The SMILES string of the molecule is COc1cc(C)c(S(=O)(=O)NCc2ccc3ncoc3c2)cc1C. The minimum Gasteiger partial charge on any atom is -0.496 e. The molecule has 0 spiro atoms. The van der Waals surface area contributed by atoms with E-state index in [9.17, 15) is 8.42 Å². The number of nitrogens with one attached hydrogen (secondary N) is 1. The number of aryl methyl sites for hydroxylation is 2. The first-order valence-electron chi connectivity index (χ1n) is 7.38. The van der Waals surface area contributed by atoms with Gasteiger partial charge in [0, 0.05) is 6.54 Å². The number of nitrogens with zero attached hydrogens (tertiary/aromatic N) is 1. The summed E-state index contributed by atoms with van der Waals surface area (Å²) < 4.78 is 38.3. The van der Waals surface area contributed by atoms with Crippen LogP contribution in [-0.4, -0.2) is 20.5 Å². The van der Waals surface area contributed by atoms with Crippen LogP contribution in [0.2, 0.25) is 0 Å². The van der Waals surface area contributed by atoms with Crippen LogP contribution in [0.3, 0.4) is 0 Å². The summed E-state index contributed by atoms with van der Waals surface area (Å²) in [4.78, 5) is 4.29. The lowest BCUT2D eigenvalue weighted by atomic mass is 10.1. The topological polar surface area (TPSA) is 81.4 Å². The zero-order valence-electron chi connectivity index (χ0n) is 13.7. The van der Waals surface area contributed by atoms with Crippen molar-refractivity contribution in [3.8, 4) is 5.75 Å². The highest BCUT2D eigenvalue weighted by atomic mass is 32.2. The molecule has 0 unspecified atom stereocenters. The molecule has 0 aliphatic rings. The largest absolute Gasteiger partial charge is 0.496 e. The molecule has 0 saturated heterocycles. The molecule has 0 aliphatic carbocycles. The van der Waals surface area contributed by atoms with Gasteiger partial charge in [-0.05, 0) is 54.8 Å². The van der Waals surface area contributed by atoms with Crippen molar-refractivity contribution in [2.75, 3.05) is 7.11 Å². The maximum Gasteiger partial charge on any atom is 0.241 e. The minimum atomic E-state index is -3.63. The Morgan fingerprint density at radius 2 is 1.96 bits per heavy atom. The molecule has 1 heterocycles. The minimum absolute atomic E-state index is 0.170. The molecule has 1 aromatic heterocycles. The predicted octanol–water partition coefficient (Wildman–Crippen LogP) is 2.93. The number of oxazole rings is 1. The van der Waals surface area contributed by atoms with E-state index in [1.165, 1.54) is 6.39 Å². The number of rotatable bonds is 5. The summed E-state index contributed by atoms with van der Waals surface area (Å²) in [6.45, 7) is 3.73. The summed E-state index contributed by atoms with van der Waals surface area (Å²) in [7, 11) is -2.06. The van der Waals surface area contributed by atoms with Gasteiger partial charge >= 0.3 is 0 Å². The van der Waals surface area contributed by atoms with Gasteiger partial charge in [0.15, 0.2) is 12.0 Å². The van der Waals surface area contributed by atoms with Crippen LogP contribution in [0.1, 0.15) is 16.7 Å². The van der Waals surface area contributed by atoms with Crippen LogP contribution < -0.4 is 9.46 Å². The Morgan fingerprint density at radius 1 is 1.17 bits per heavy atom. The number of sulfonamides is 1. The van der Waals surface area contributed by atoms with Gasteiger partial charge in [0.1, 0.15) is 11.3 Å². The molecule has 3 rings (SSSR count). The van der Waals surface area contributed by atoms with E-state index < -0.39 is 10.0 Å². The maximum absolute atomic E-state index is 12.6. The van der Waals surface area contributed by atoms with E-state index >= 15 is 0 Å². The van der Waals surface area contributed by atoms with Crippen LogP contribution in [0, 0.1) is 13.8 Å². The number of aromatic nitrogens is 1. The Morgan fingerprint density at radius 3 is 2.71 bits per heavy atom. The predicted molar refractivity (Wildman–Crippen MR) is 90.5 cm³/mol. The molecule has 126 valence electrons. The first-order valence-corrected chi connectivity index (χ1v) is 8.86. The van der Waals surface area contributed by atoms with Gasteiger partial charge in [0.25, 0.3) is 0 Å². The van der Waals surface area contributed by atoms with Crippen molar-refractivity contribution in [1.82, 2.24) is 9.71 Å². The van der Waals surface area contributed by atoms with E-state index in [1.807, 2.05) is 13.0 Å². The van der Waals surface area contributed by atoms with Crippen molar-refractivity contribution < 1.29 is 17.6 Å². The van der Waals surface area contributed by atoms with E-state index in [2.05, 4.69) is 9.71 Å². The van der Waals surface area contributed by atoms with Crippen molar-refractivity contribution in [1.29, 1.82) is 0 Å². The fraction of sp³-hybridized carbons (Fsp3) is 0.235. The third-order valence-electron chi connectivity index (χ3n) is 3.84. The number of fused-ring (bicyclic) bond motifs is 1. The molecular formula is C17H18N2O4S. The third kappa shape index (κ3) is 3.13. The van der Waals surface area contributed by atoms with Crippen molar-refractivity contribution in [2.45, 2.75) is 25.3 Å². The van der Waals surface area contributed by atoms with E-state index in [0.717, 1.165) is 16.6 Å². The van der Waals surface area contributed by atoms with Gasteiger partial charge in [-0.2, -0.15) is 0 Å². The van der Waals surface area contributed by atoms with Gasteiger partial charge in [-0.1, -0.05) is 6.07 Å². The molecule has 0 bridgehead atoms. The monoisotopic (exact) mass is 346 g/mol. The first-order chi connectivity index (χ1) is 11.4. The lowest BCUT2D eigenvalue weighted by Crippen LogP contribution is -2.24. The zero-order valence-corrected chi connectivity index (χ0v) is 14.5. The Balaban J connectivity index is 1.84. The lowest BCUT2D eigenvalue weighted by Gasteiger charge is -2.13. The molecule has 0 fully saturated rings. The molecule has 0 aliphatic heterocycles. The number of methoxy groups -OCH3 is 1. The second-order valence-electron chi connectivity index (χ2n) is 5.57. The Hall–Kier alpha value is -2.38. The highest BCUT2D eigenvalue weighted by Crippen LogP contribution is 2.25. The number of hydrogen-bond acceptors (Lipinski definition) is 5. The molecule has 24 heavy (non-hydrogen) atoms. The average molecular weight is 346 g/mol. The number of ether oxygens (including phenoxy) is 1. The van der Waals surface area contributed by atoms with Crippen LogP contribution in [0.4, 0.5) is 0 Å². The molecule has 0 atom stereocenters. The molecule has 7 heteroatoms. The average Bonchev–Trinajstić information content (AvgIpc) is 3.02. The Kier molecular flexibility index (Phi) is 4.29. The molecule has 0 radical (unpaired) electrons. The summed E-state index contributed by atoms with van der Waals surface area (Å²) in [6.07, 6.45) is 1.36. The quantitative estimate of drug-likeness (QED) is 0.768. The molecule has 2 aromatic carbocycles. The summed E-state index contributed by atoms with van der Waals surface area (Å²) in [6, 6.07) is 8.74. The molecule has 6 nitrogen and oxygen atoms in total. The van der Waals surface area contributed by atoms with Crippen LogP contribution in [0.25, 0.3) is 11.1 Å². The van der Waals surface area contributed by atoms with E-state index in [1.54, 1.807) is 38.3 Å². The van der Waals surface area contributed by atoms with Crippen LogP contribution >= 0.6 is 0 Å². The fourth-order valence-electron chi connectivity index (χ4n) is 2.54. The van der Waals surface area contributed by atoms with Gasteiger partial charge in [-0.15, -0.1) is 0 Å². The number of benzene rings is 2. The smallest absolute Gasteiger partial charge is 0.241 e. The van der Waals surface area contributed by atoms with Gasteiger partial charge in [0.2, 0.25) is 10.0 Å². The van der Waals surface area contributed by atoms with Gasteiger partial charge < -0.3 is 9.15 Å². The summed E-state index contributed by atoms with van der Waals surface area (Å²) in [5, 5.41) is 0. The molecule has 0 saturated carbocycles. The number of hydrogen-bond donors (Lipinski definition) is 1. The molecular weight excluding hydrogens is 328 g/mol. The van der Waals surface area contributed by atoms with Crippen LogP contribution in [-0.2, 0) is 16.6 Å². The highest BCUT2D eigenvalue weighted by molar-refractivity contribution is 7.89. The van der Waals surface area contributed by atoms with Crippen molar-refractivity contribution in [2.24, 2.45) is 0 Å². The lowest BCUT2D eigenvalue weighted by molar-refractivity contribution is 0.411. The van der Waals surface area contributed by atoms with E-state index in [0.29, 0.717) is 16.9 Å². The second kappa shape index (κ2) is 6.26. The van der Waals surface area contributed by atoms with E-state index in [4.69, 9.17) is 9.15 Å². The van der Waals surface area contributed by atoms with Gasteiger partial charge in [0.05, 0.1) is 12.0 Å². The Bertz CT molecular complexity index is 993. The van der Waals surface area contributed by atoms with E-state index in [-0.39, 0.29) is 11.4 Å². The van der Waals surface area contributed by atoms with Crippen molar-refractivity contribution in [3.63, 3.8) is 0 Å². The van der Waals surface area contributed by atoms with Crippen molar-refractivity contribution in [3.05, 3.63) is 53.4 Å². The highest BCUT2D eigenvalue weighted by Gasteiger charge is 2.18. The summed E-state index contributed by atoms with van der Waals surface area (Å²) in [5.74, 6) is 0.669. The van der Waals surface area contributed by atoms with Gasteiger partial charge in [-0.25, -0.2) is 18.1 Å². The molecule has 1 N–H and O–H groups in total. The summed E-state index contributed by atoms with van der Waals surface area (Å²) >= 11 is 0. The van der Waals surface area contributed by atoms with Crippen LogP contribution in [0.5, 0.6) is 5.75 Å². The fourth-order valence-corrected chi connectivity index (χ4v) is 3.87. The first kappa shape index (κ1) is 16.5. The third-order valence-corrected chi connectivity index (χ3v) is 5.39. The second-order valence-corrected chi connectivity index (χ2v) is 7.30. The Labute approximate surface area is 140 Å². The van der Waals surface area contributed by atoms with Crippen LogP contribution in [0.15, 0.2) is 46.0 Å². The zero-order chi connectivity index (χ0) is 17.3. The van der Waals surface area contributed by atoms with Gasteiger partial charge in [-0.3, -0.25) is 0 Å². The normalized spacial score (nSPS) is 11.8. The molecule has 0 amide bonds. The summed E-state index contributed by atoms with van der Waals surface area (Å²) in [5.41, 5.74) is 3.57. The standard InChI is InChI=1S/C17H18N2O4S/c1-11-7-17(12(2)6-15(11)22-3)24(20,21)19-9-13-4-5-14-16(8-13)23-10-18-14/h4-8,10,19H,9H2,1-3H3.